The fourth-order valence-electron chi connectivity index (χ4n) is 2.05. The van der Waals surface area contributed by atoms with E-state index in [2.05, 4.69) is 51.8 Å². The Hall–Kier alpha value is -0.940. The molecule has 2 rings (SSSR count). The van der Waals surface area contributed by atoms with Crippen LogP contribution in [0, 0.1) is 0 Å². The molecule has 0 radical (unpaired) electrons. The van der Waals surface area contributed by atoms with Crippen molar-refractivity contribution in [3.63, 3.8) is 0 Å². The molecule has 2 nitrogen and oxygen atoms in total. The number of aliphatic hydroxyl groups is 1. The molecule has 94 valence electrons. The Bertz CT molecular complexity index is 513. The average molecular weight is 353 g/mol. The number of aliphatic hydroxyl groups excluding tert-OH is 1. The van der Waals surface area contributed by atoms with Gasteiger partial charge in [-0.1, -0.05) is 46.9 Å². The maximum absolute atomic E-state index is 9.33. The summed E-state index contributed by atoms with van der Waals surface area (Å²) in [6.45, 7) is 0.0532. The number of hydrogen-bond acceptors (Lipinski definition) is 2. The summed E-state index contributed by atoms with van der Waals surface area (Å²) >= 11 is 2.40. The molecule has 0 aliphatic carbocycles. The highest BCUT2D eigenvalue weighted by atomic mass is 127. The molecule has 3 heteroatoms. The molecular weight excluding hydrogens is 337 g/mol. The third kappa shape index (κ3) is 3.29. The predicted molar refractivity (Wildman–Crippen MR) is 82.0 cm³/mol. The number of pyridine rings is 1. The van der Waals surface area contributed by atoms with Gasteiger partial charge in [-0.15, -0.1) is 0 Å². The molecule has 1 heterocycles. The number of aromatic nitrogens is 1. The van der Waals surface area contributed by atoms with Gasteiger partial charge in [-0.25, -0.2) is 0 Å². The number of rotatable bonds is 5. The maximum Gasteiger partial charge on any atom is 0.0699 e. The minimum Gasteiger partial charge on any atom is -0.392 e. The lowest BCUT2D eigenvalue weighted by molar-refractivity contribution is 0.280. The molecule has 0 saturated heterocycles. The Morgan fingerprint density at radius 3 is 2.44 bits per heavy atom. The van der Waals surface area contributed by atoms with Gasteiger partial charge in [0.2, 0.25) is 0 Å². The Labute approximate surface area is 121 Å². The molecule has 0 aliphatic heterocycles. The van der Waals surface area contributed by atoms with Crippen molar-refractivity contribution in [1.82, 2.24) is 4.98 Å². The second-order valence-corrected chi connectivity index (χ2v) is 5.27. The average Bonchev–Trinajstić information content (AvgIpc) is 2.42. The van der Waals surface area contributed by atoms with E-state index in [1.807, 2.05) is 6.07 Å². The van der Waals surface area contributed by atoms with Gasteiger partial charge in [0.05, 0.1) is 6.61 Å². The third-order valence-electron chi connectivity index (χ3n) is 3.04. The van der Waals surface area contributed by atoms with Crippen LogP contribution < -0.4 is 0 Å². The van der Waals surface area contributed by atoms with Crippen molar-refractivity contribution in [2.45, 2.75) is 19.4 Å². The summed E-state index contributed by atoms with van der Waals surface area (Å²) in [4.78, 5) is 4.06. The molecule has 0 unspecified atom stereocenters. The molecule has 0 bridgehead atoms. The maximum atomic E-state index is 9.33. The molecule has 2 aromatic rings. The number of aryl methyl sites for hydroxylation is 1. The Morgan fingerprint density at radius 1 is 1.00 bits per heavy atom. The Morgan fingerprint density at radius 2 is 1.72 bits per heavy atom. The van der Waals surface area contributed by atoms with E-state index >= 15 is 0 Å². The number of alkyl halides is 1. The van der Waals surface area contributed by atoms with Gasteiger partial charge in [0, 0.05) is 16.8 Å². The molecule has 1 N–H and O–H groups in total. The first-order valence-corrected chi connectivity index (χ1v) is 7.53. The highest BCUT2D eigenvalue weighted by Gasteiger charge is 2.06. The highest BCUT2D eigenvalue weighted by molar-refractivity contribution is 14.1. The van der Waals surface area contributed by atoms with Crippen LogP contribution in [0.1, 0.15) is 22.3 Å². The van der Waals surface area contributed by atoms with Crippen molar-refractivity contribution in [1.29, 1.82) is 0 Å². The van der Waals surface area contributed by atoms with E-state index in [0.29, 0.717) is 0 Å². The van der Waals surface area contributed by atoms with E-state index in [0.717, 1.165) is 28.4 Å². The largest absolute Gasteiger partial charge is 0.392 e. The van der Waals surface area contributed by atoms with Gasteiger partial charge in [-0.2, -0.15) is 0 Å². The number of halogens is 1. The molecule has 0 spiro atoms. The molecule has 0 fully saturated rings. The van der Waals surface area contributed by atoms with Crippen LogP contribution in [0.3, 0.4) is 0 Å². The molecule has 0 saturated carbocycles. The smallest absolute Gasteiger partial charge is 0.0699 e. The minimum atomic E-state index is 0.0532. The normalized spacial score (nSPS) is 10.6. The zero-order valence-corrected chi connectivity index (χ0v) is 12.3. The number of hydrogen-bond donors (Lipinski definition) is 1. The second kappa shape index (κ2) is 6.85. The van der Waals surface area contributed by atoms with Crippen LogP contribution in [0.15, 0.2) is 42.7 Å². The molecule has 1 aromatic carbocycles. The third-order valence-corrected chi connectivity index (χ3v) is 3.58. The highest BCUT2D eigenvalue weighted by Crippen LogP contribution is 2.18. The minimum absolute atomic E-state index is 0.0532. The summed E-state index contributed by atoms with van der Waals surface area (Å²) in [6, 6.07) is 10.5. The van der Waals surface area contributed by atoms with Crippen molar-refractivity contribution in [3.05, 3.63) is 65.0 Å². The summed E-state index contributed by atoms with van der Waals surface area (Å²) in [5.74, 6) is 0. The van der Waals surface area contributed by atoms with E-state index in [9.17, 15) is 5.11 Å². The predicted octanol–water partition coefficient (Wildman–Crippen LogP) is 3.14. The number of benzene rings is 1. The molecular formula is C15H16INO. The quantitative estimate of drug-likeness (QED) is 0.662. The van der Waals surface area contributed by atoms with Gasteiger partial charge in [0.15, 0.2) is 0 Å². The summed E-state index contributed by atoms with van der Waals surface area (Å²) in [6.07, 6.45) is 5.49. The SMILES string of the molecule is OCc1cnccc1Cc1ccccc1CCI. The van der Waals surface area contributed by atoms with Gasteiger partial charge < -0.3 is 5.11 Å². The molecule has 1 aromatic heterocycles. The van der Waals surface area contributed by atoms with Crippen molar-refractivity contribution in [3.8, 4) is 0 Å². The van der Waals surface area contributed by atoms with Crippen molar-refractivity contribution in [2.24, 2.45) is 0 Å². The van der Waals surface area contributed by atoms with E-state index in [4.69, 9.17) is 0 Å². The van der Waals surface area contributed by atoms with Crippen molar-refractivity contribution in [2.75, 3.05) is 4.43 Å². The van der Waals surface area contributed by atoms with Crippen LogP contribution in [-0.2, 0) is 19.4 Å². The zero-order chi connectivity index (χ0) is 12.8. The van der Waals surface area contributed by atoms with Crippen LogP contribution in [0.25, 0.3) is 0 Å². The van der Waals surface area contributed by atoms with Gasteiger partial charge in [0.25, 0.3) is 0 Å². The molecule has 0 aliphatic rings. The van der Waals surface area contributed by atoms with Crippen molar-refractivity contribution >= 4 is 22.6 Å². The summed E-state index contributed by atoms with van der Waals surface area (Å²) in [5.41, 5.74) is 4.82. The molecule has 0 atom stereocenters. The second-order valence-electron chi connectivity index (χ2n) is 4.19. The fraction of sp³-hybridized carbons (Fsp3) is 0.267. The Kier molecular flexibility index (Phi) is 5.13. The van der Waals surface area contributed by atoms with Crippen LogP contribution in [0.5, 0.6) is 0 Å². The standard InChI is InChI=1S/C15H16INO/c16-7-5-12-3-1-2-4-13(12)9-14-6-8-17-10-15(14)11-18/h1-4,6,8,10,18H,5,7,9,11H2. The topological polar surface area (TPSA) is 33.1 Å². The van der Waals surface area contributed by atoms with E-state index in [1.54, 1.807) is 12.4 Å². The van der Waals surface area contributed by atoms with Gasteiger partial charge in [0.1, 0.15) is 0 Å². The van der Waals surface area contributed by atoms with E-state index in [-0.39, 0.29) is 6.61 Å². The zero-order valence-electron chi connectivity index (χ0n) is 10.1. The van der Waals surface area contributed by atoms with Crippen LogP contribution >= 0.6 is 22.6 Å². The van der Waals surface area contributed by atoms with Gasteiger partial charge >= 0.3 is 0 Å². The first kappa shape index (κ1) is 13.5. The number of nitrogens with zero attached hydrogens (tertiary/aromatic N) is 1. The first-order chi connectivity index (χ1) is 8.85. The van der Waals surface area contributed by atoms with Crippen LogP contribution in [-0.4, -0.2) is 14.5 Å². The molecule has 0 amide bonds. The van der Waals surface area contributed by atoms with Crippen molar-refractivity contribution < 1.29 is 5.11 Å². The van der Waals surface area contributed by atoms with Gasteiger partial charge in [-0.05, 0) is 41.2 Å². The van der Waals surface area contributed by atoms with E-state index < -0.39 is 0 Å². The lowest BCUT2D eigenvalue weighted by atomic mass is 9.97. The lowest BCUT2D eigenvalue weighted by Gasteiger charge is -2.10. The summed E-state index contributed by atoms with van der Waals surface area (Å²) in [5, 5.41) is 9.33. The monoisotopic (exact) mass is 353 g/mol. The van der Waals surface area contributed by atoms with Crippen LogP contribution in [0.4, 0.5) is 0 Å². The first-order valence-electron chi connectivity index (χ1n) is 6.00. The van der Waals surface area contributed by atoms with Gasteiger partial charge in [-0.3, -0.25) is 4.98 Å². The Balaban J connectivity index is 2.28. The lowest BCUT2D eigenvalue weighted by Crippen LogP contribution is -2.00. The van der Waals surface area contributed by atoms with E-state index in [1.165, 1.54) is 11.1 Å². The summed E-state index contributed by atoms with van der Waals surface area (Å²) in [7, 11) is 0. The van der Waals surface area contributed by atoms with Crippen LogP contribution in [0.2, 0.25) is 0 Å². The molecule has 18 heavy (non-hydrogen) atoms. The fourth-order valence-corrected chi connectivity index (χ4v) is 2.63. The summed E-state index contributed by atoms with van der Waals surface area (Å²) < 4.78 is 1.12.